The quantitative estimate of drug-likeness (QED) is 0.713. The number of hydrogen-bond donors (Lipinski definition) is 2. The Morgan fingerprint density at radius 1 is 1.19 bits per heavy atom. The number of nitrogens with one attached hydrogen (secondary N) is 2. The Morgan fingerprint density at radius 2 is 2.04 bits per heavy atom. The number of benzene rings is 1. The molecule has 0 radical (unpaired) electrons. The van der Waals surface area contributed by atoms with Crippen molar-refractivity contribution >= 4 is 17.4 Å². The molecule has 26 heavy (non-hydrogen) atoms. The number of amides is 1. The van der Waals surface area contributed by atoms with Gasteiger partial charge in [0.05, 0.1) is 7.11 Å². The molecule has 1 heterocycles. The fraction of sp³-hybridized carbons (Fsp3) is 0.333. The Hall–Kier alpha value is -2.82. The lowest BCUT2D eigenvalue weighted by atomic mass is 9.97. The fourth-order valence-electron chi connectivity index (χ4n) is 3.03. The van der Waals surface area contributed by atoms with E-state index in [1.165, 1.54) is 31.3 Å². The van der Waals surface area contributed by atoms with Crippen molar-refractivity contribution in [1.29, 1.82) is 0 Å². The van der Waals surface area contributed by atoms with Crippen LogP contribution in [-0.2, 0) is 0 Å². The zero-order valence-corrected chi connectivity index (χ0v) is 15.1. The first-order valence-corrected chi connectivity index (χ1v) is 9.08. The van der Waals surface area contributed by atoms with Crippen LogP contribution in [0.1, 0.15) is 42.5 Å². The van der Waals surface area contributed by atoms with Gasteiger partial charge in [-0.2, -0.15) is 0 Å². The molecule has 0 aliphatic heterocycles. The van der Waals surface area contributed by atoms with Crippen LogP contribution >= 0.6 is 0 Å². The summed E-state index contributed by atoms with van der Waals surface area (Å²) >= 11 is 0. The van der Waals surface area contributed by atoms with E-state index < -0.39 is 0 Å². The second-order valence-corrected chi connectivity index (χ2v) is 6.40. The van der Waals surface area contributed by atoms with Crippen LogP contribution in [0.5, 0.6) is 5.75 Å². The lowest BCUT2D eigenvalue weighted by molar-refractivity contribution is 0.102. The average molecular weight is 351 g/mol. The van der Waals surface area contributed by atoms with E-state index in [9.17, 15) is 4.79 Å². The summed E-state index contributed by atoms with van der Waals surface area (Å²) in [5.74, 6) is 1.32. The number of nitrogens with zero attached hydrogens (tertiary/aromatic N) is 1. The second kappa shape index (κ2) is 9.04. The highest BCUT2D eigenvalue weighted by atomic mass is 16.5. The molecule has 1 amide bonds. The number of allylic oxidation sites excluding steroid dienone is 1. The van der Waals surface area contributed by atoms with Crippen LogP contribution in [0.25, 0.3) is 0 Å². The number of ether oxygens (including phenoxy) is 1. The van der Waals surface area contributed by atoms with Gasteiger partial charge >= 0.3 is 0 Å². The van der Waals surface area contributed by atoms with Crippen molar-refractivity contribution < 1.29 is 9.53 Å². The predicted molar refractivity (Wildman–Crippen MR) is 105 cm³/mol. The first-order valence-electron chi connectivity index (χ1n) is 9.08. The molecule has 136 valence electrons. The van der Waals surface area contributed by atoms with Gasteiger partial charge in [-0.3, -0.25) is 4.79 Å². The first kappa shape index (κ1) is 18.0. The van der Waals surface area contributed by atoms with Crippen LogP contribution in [0.2, 0.25) is 0 Å². The summed E-state index contributed by atoms with van der Waals surface area (Å²) in [5.41, 5.74) is 2.83. The molecule has 2 N–H and O–H groups in total. The Bertz CT molecular complexity index is 769. The molecule has 0 atom stereocenters. The van der Waals surface area contributed by atoms with Crippen molar-refractivity contribution in [3.8, 4) is 5.75 Å². The van der Waals surface area contributed by atoms with E-state index in [0.717, 1.165) is 30.2 Å². The average Bonchev–Trinajstić information content (AvgIpc) is 2.69. The molecule has 1 aromatic carbocycles. The highest BCUT2D eigenvalue weighted by Gasteiger charge is 2.08. The minimum absolute atomic E-state index is 0.157. The van der Waals surface area contributed by atoms with Gasteiger partial charge < -0.3 is 15.4 Å². The van der Waals surface area contributed by atoms with Crippen molar-refractivity contribution in [2.75, 3.05) is 24.3 Å². The molecule has 0 spiro atoms. The van der Waals surface area contributed by atoms with Gasteiger partial charge in [0.2, 0.25) is 0 Å². The molecule has 0 saturated heterocycles. The molecule has 0 saturated carbocycles. The summed E-state index contributed by atoms with van der Waals surface area (Å²) < 4.78 is 5.12. The van der Waals surface area contributed by atoms with E-state index in [1.807, 2.05) is 24.3 Å². The summed E-state index contributed by atoms with van der Waals surface area (Å²) in [5, 5.41) is 6.20. The number of carbonyl (C=O) groups is 1. The summed E-state index contributed by atoms with van der Waals surface area (Å²) in [6, 6.07) is 10.8. The van der Waals surface area contributed by atoms with Gasteiger partial charge in [-0.15, -0.1) is 0 Å². The van der Waals surface area contributed by atoms with Gasteiger partial charge in [0, 0.05) is 24.0 Å². The van der Waals surface area contributed by atoms with Crippen molar-refractivity contribution in [3.63, 3.8) is 0 Å². The van der Waals surface area contributed by atoms with Crippen LogP contribution in [0.4, 0.5) is 11.5 Å². The Labute approximate surface area is 154 Å². The normalized spacial score (nSPS) is 13.7. The van der Waals surface area contributed by atoms with Crippen LogP contribution in [0.15, 0.2) is 54.2 Å². The third-order valence-corrected chi connectivity index (χ3v) is 4.51. The molecular formula is C21H25N3O2. The van der Waals surface area contributed by atoms with E-state index in [2.05, 4.69) is 21.7 Å². The molecule has 1 aromatic heterocycles. The summed E-state index contributed by atoms with van der Waals surface area (Å²) in [6.07, 6.45) is 10.1. The van der Waals surface area contributed by atoms with E-state index >= 15 is 0 Å². The molecule has 2 aromatic rings. The van der Waals surface area contributed by atoms with Crippen molar-refractivity contribution in [2.24, 2.45) is 0 Å². The van der Waals surface area contributed by atoms with Crippen molar-refractivity contribution in [1.82, 2.24) is 4.98 Å². The van der Waals surface area contributed by atoms with E-state index in [1.54, 1.807) is 25.4 Å². The minimum Gasteiger partial charge on any atom is -0.497 e. The third kappa shape index (κ3) is 5.09. The highest BCUT2D eigenvalue weighted by Crippen LogP contribution is 2.20. The number of methoxy groups -OCH3 is 1. The fourth-order valence-corrected chi connectivity index (χ4v) is 3.03. The van der Waals surface area contributed by atoms with Gasteiger partial charge in [-0.1, -0.05) is 11.6 Å². The molecule has 1 aliphatic rings. The van der Waals surface area contributed by atoms with Gasteiger partial charge in [0.1, 0.15) is 11.6 Å². The number of rotatable bonds is 7. The molecule has 0 bridgehead atoms. The molecule has 1 aliphatic carbocycles. The monoisotopic (exact) mass is 351 g/mol. The smallest absolute Gasteiger partial charge is 0.255 e. The van der Waals surface area contributed by atoms with Crippen molar-refractivity contribution in [3.05, 3.63) is 59.8 Å². The summed E-state index contributed by atoms with van der Waals surface area (Å²) in [4.78, 5) is 16.7. The summed E-state index contributed by atoms with van der Waals surface area (Å²) in [7, 11) is 1.61. The number of aromatic nitrogens is 1. The number of hydrogen-bond acceptors (Lipinski definition) is 4. The highest BCUT2D eigenvalue weighted by molar-refractivity contribution is 6.04. The van der Waals surface area contributed by atoms with Gasteiger partial charge in [-0.05, 0) is 68.5 Å². The van der Waals surface area contributed by atoms with Crippen LogP contribution in [0, 0.1) is 0 Å². The second-order valence-electron chi connectivity index (χ2n) is 6.40. The van der Waals surface area contributed by atoms with Crippen LogP contribution in [-0.4, -0.2) is 24.5 Å². The maximum Gasteiger partial charge on any atom is 0.255 e. The van der Waals surface area contributed by atoms with E-state index in [-0.39, 0.29) is 5.91 Å². The number of carbonyl (C=O) groups excluding carboxylic acids is 1. The van der Waals surface area contributed by atoms with Gasteiger partial charge in [-0.25, -0.2) is 4.98 Å². The predicted octanol–water partition coefficient (Wildman–Crippen LogP) is 4.64. The molecule has 0 fully saturated rings. The maximum absolute atomic E-state index is 12.4. The number of pyridine rings is 1. The lowest BCUT2D eigenvalue weighted by Gasteiger charge is -2.13. The maximum atomic E-state index is 12.4. The zero-order chi connectivity index (χ0) is 18.2. The zero-order valence-electron chi connectivity index (χ0n) is 15.1. The number of anilines is 2. The van der Waals surface area contributed by atoms with E-state index in [0.29, 0.717) is 5.56 Å². The Balaban J connectivity index is 1.55. The Kier molecular flexibility index (Phi) is 6.25. The van der Waals surface area contributed by atoms with Crippen LogP contribution < -0.4 is 15.4 Å². The SMILES string of the molecule is COc1ccc(NC(=O)c2ccnc(NCCC3=CCCCC3)c2)cc1. The molecule has 3 rings (SSSR count). The largest absolute Gasteiger partial charge is 0.497 e. The lowest BCUT2D eigenvalue weighted by Crippen LogP contribution is -2.13. The third-order valence-electron chi connectivity index (χ3n) is 4.51. The van der Waals surface area contributed by atoms with Gasteiger partial charge in [0.15, 0.2) is 0 Å². The summed E-state index contributed by atoms with van der Waals surface area (Å²) in [6.45, 7) is 0.836. The minimum atomic E-state index is -0.157. The van der Waals surface area contributed by atoms with Crippen LogP contribution in [0.3, 0.4) is 0 Å². The molecular weight excluding hydrogens is 326 g/mol. The Morgan fingerprint density at radius 3 is 2.77 bits per heavy atom. The molecule has 0 unspecified atom stereocenters. The first-order chi connectivity index (χ1) is 12.7. The molecule has 5 heteroatoms. The standard InChI is InChI=1S/C21H25N3O2/c1-26-19-9-7-18(8-10-19)24-21(25)17-12-14-23-20(15-17)22-13-11-16-5-3-2-4-6-16/h5,7-10,12,14-15H,2-4,6,11,13H2,1H3,(H,22,23)(H,24,25). The van der Waals surface area contributed by atoms with E-state index in [4.69, 9.17) is 4.74 Å². The topological polar surface area (TPSA) is 63.2 Å². The van der Waals surface area contributed by atoms with Gasteiger partial charge in [0.25, 0.3) is 5.91 Å². The van der Waals surface area contributed by atoms with Crippen molar-refractivity contribution in [2.45, 2.75) is 32.1 Å². The molecule has 5 nitrogen and oxygen atoms in total.